The first-order chi connectivity index (χ1) is 12.3. The van der Waals surface area contributed by atoms with Crippen molar-refractivity contribution in [1.82, 2.24) is 4.90 Å². The Morgan fingerprint density at radius 3 is 2.35 bits per heavy atom. The number of fused-ring (bicyclic) bond motifs is 1. The number of benzene rings is 2. The van der Waals surface area contributed by atoms with Gasteiger partial charge in [-0.2, -0.15) is 0 Å². The third kappa shape index (κ3) is 4.97. The van der Waals surface area contributed by atoms with Crippen LogP contribution in [0, 0.1) is 5.92 Å². The molecule has 0 radical (unpaired) electrons. The van der Waals surface area contributed by atoms with Crippen LogP contribution in [0.1, 0.15) is 38.7 Å². The molecule has 0 bridgehead atoms. The molecule has 2 aromatic carbocycles. The number of aliphatic carboxylic acids is 1. The van der Waals surface area contributed by atoms with Gasteiger partial charge in [-0.05, 0) is 41.3 Å². The molecule has 1 atom stereocenters. The molecule has 5 heteroatoms. The molecule has 2 rings (SSSR count). The van der Waals surface area contributed by atoms with E-state index in [2.05, 4.69) is 0 Å². The van der Waals surface area contributed by atoms with Gasteiger partial charge < -0.3 is 14.7 Å². The van der Waals surface area contributed by atoms with Crippen molar-refractivity contribution in [3.05, 3.63) is 42.0 Å². The van der Waals surface area contributed by atoms with E-state index < -0.39 is 5.97 Å². The quantitative estimate of drug-likeness (QED) is 0.778. The van der Waals surface area contributed by atoms with Crippen LogP contribution in [0.25, 0.3) is 10.8 Å². The molecule has 140 valence electrons. The largest absolute Gasteiger partial charge is 0.497 e. The molecule has 0 saturated carbocycles. The number of hydrogen-bond acceptors (Lipinski definition) is 3. The highest BCUT2D eigenvalue weighted by Gasteiger charge is 2.23. The fourth-order valence-corrected chi connectivity index (χ4v) is 3.02. The summed E-state index contributed by atoms with van der Waals surface area (Å²) in [4.78, 5) is 25.5. The summed E-state index contributed by atoms with van der Waals surface area (Å²) in [6.45, 7) is 6.72. The van der Waals surface area contributed by atoms with Crippen LogP contribution in [0.3, 0.4) is 0 Å². The number of nitrogens with zero attached hydrogens (tertiary/aromatic N) is 1. The molecule has 0 saturated heterocycles. The van der Waals surface area contributed by atoms with Crippen LogP contribution < -0.4 is 4.74 Å². The van der Waals surface area contributed by atoms with Crippen molar-refractivity contribution in [3.8, 4) is 5.75 Å². The van der Waals surface area contributed by atoms with Gasteiger partial charge in [0, 0.05) is 13.1 Å². The zero-order valence-electron chi connectivity index (χ0n) is 15.9. The third-order valence-corrected chi connectivity index (χ3v) is 4.43. The predicted octanol–water partition coefficient (Wildman–Crippen LogP) is 3.91. The van der Waals surface area contributed by atoms with Crippen molar-refractivity contribution in [1.29, 1.82) is 0 Å². The highest BCUT2D eigenvalue weighted by molar-refractivity contribution is 5.88. The van der Waals surface area contributed by atoms with E-state index in [1.807, 2.05) is 57.2 Å². The summed E-state index contributed by atoms with van der Waals surface area (Å²) in [6, 6.07) is 11.8. The summed E-state index contributed by atoms with van der Waals surface area (Å²) in [5.41, 5.74) is 0.928. The van der Waals surface area contributed by atoms with Gasteiger partial charge in [0.15, 0.2) is 0 Å². The van der Waals surface area contributed by atoms with Gasteiger partial charge in [0.05, 0.1) is 19.4 Å². The van der Waals surface area contributed by atoms with E-state index in [1.54, 1.807) is 12.0 Å². The van der Waals surface area contributed by atoms with E-state index in [-0.39, 0.29) is 30.7 Å². The first kappa shape index (κ1) is 19.8. The topological polar surface area (TPSA) is 66.8 Å². The third-order valence-electron chi connectivity index (χ3n) is 4.43. The Balaban J connectivity index is 2.23. The smallest absolute Gasteiger partial charge is 0.305 e. The van der Waals surface area contributed by atoms with E-state index in [1.165, 1.54) is 0 Å². The van der Waals surface area contributed by atoms with Gasteiger partial charge in [0.2, 0.25) is 5.91 Å². The van der Waals surface area contributed by atoms with Crippen molar-refractivity contribution >= 4 is 22.6 Å². The zero-order valence-corrected chi connectivity index (χ0v) is 15.9. The van der Waals surface area contributed by atoms with Crippen LogP contribution in [-0.4, -0.2) is 42.1 Å². The number of carbonyl (C=O) groups excluding carboxylic acids is 1. The van der Waals surface area contributed by atoms with E-state index in [0.717, 1.165) is 22.1 Å². The lowest BCUT2D eigenvalue weighted by Gasteiger charge is -2.27. The molecule has 0 aromatic heterocycles. The van der Waals surface area contributed by atoms with Crippen molar-refractivity contribution in [2.75, 3.05) is 20.2 Å². The van der Waals surface area contributed by atoms with Gasteiger partial charge in [0.1, 0.15) is 5.75 Å². The fraction of sp³-hybridized carbons (Fsp3) is 0.429. The van der Waals surface area contributed by atoms with E-state index in [9.17, 15) is 9.59 Å². The van der Waals surface area contributed by atoms with E-state index in [0.29, 0.717) is 6.54 Å². The molecule has 0 aliphatic carbocycles. The Bertz CT molecular complexity index is 785. The number of carboxylic acids is 1. The minimum atomic E-state index is -0.890. The van der Waals surface area contributed by atoms with Gasteiger partial charge in [-0.1, -0.05) is 38.1 Å². The second-order valence-corrected chi connectivity index (χ2v) is 7.02. The Kier molecular flexibility index (Phi) is 6.61. The summed E-state index contributed by atoms with van der Waals surface area (Å²) in [7, 11) is 1.64. The zero-order chi connectivity index (χ0) is 19.3. The van der Waals surface area contributed by atoms with Gasteiger partial charge in [-0.15, -0.1) is 0 Å². The van der Waals surface area contributed by atoms with Crippen molar-refractivity contribution in [2.45, 2.75) is 33.1 Å². The molecule has 1 amide bonds. The molecule has 26 heavy (non-hydrogen) atoms. The molecule has 0 aliphatic rings. The van der Waals surface area contributed by atoms with Crippen molar-refractivity contribution in [2.24, 2.45) is 5.92 Å². The molecule has 1 unspecified atom stereocenters. The maximum absolute atomic E-state index is 12.9. The molecule has 5 nitrogen and oxygen atoms in total. The molecule has 0 aliphatic heterocycles. The minimum absolute atomic E-state index is 0.0344. The number of rotatable bonds is 8. The summed E-state index contributed by atoms with van der Waals surface area (Å²) < 4.78 is 5.24. The van der Waals surface area contributed by atoms with E-state index >= 15 is 0 Å². The van der Waals surface area contributed by atoms with Crippen molar-refractivity contribution in [3.63, 3.8) is 0 Å². The van der Waals surface area contributed by atoms with Gasteiger partial charge in [-0.25, -0.2) is 0 Å². The normalized spacial score (nSPS) is 12.2. The Morgan fingerprint density at radius 2 is 1.73 bits per heavy atom. The standard InChI is InChI=1S/C21H27NO4/c1-14(2)13-22(10-9-20(23)24)21(25)15(3)16-5-6-18-12-19(26-4)8-7-17(18)11-16/h5-8,11-12,14-15H,9-10,13H2,1-4H3,(H,23,24). The lowest BCUT2D eigenvalue weighted by molar-refractivity contribution is -0.139. The lowest BCUT2D eigenvalue weighted by Crippen LogP contribution is -2.38. The predicted molar refractivity (Wildman–Crippen MR) is 103 cm³/mol. The Hall–Kier alpha value is -2.56. The molecule has 0 heterocycles. The second-order valence-electron chi connectivity index (χ2n) is 7.02. The molecular formula is C21H27NO4. The number of carboxylic acid groups (broad SMARTS) is 1. The Labute approximate surface area is 154 Å². The highest BCUT2D eigenvalue weighted by Crippen LogP contribution is 2.26. The van der Waals surface area contributed by atoms with Gasteiger partial charge in [0.25, 0.3) is 0 Å². The maximum atomic E-state index is 12.9. The molecule has 2 aromatic rings. The fourth-order valence-electron chi connectivity index (χ4n) is 3.02. The number of methoxy groups -OCH3 is 1. The van der Waals surface area contributed by atoms with Crippen LogP contribution in [0.5, 0.6) is 5.75 Å². The lowest BCUT2D eigenvalue weighted by atomic mass is 9.96. The minimum Gasteiger partial charge on any atom is -0.497 e. The van der Waals surface area contributed by atoms with E-state index in [4.69, 9.17) is 9.84 Å². The maximum Gasteiger partial charge on any atom is 0.305 e. The van der Waals surface area contributed by atoms with Gasteiger partial charge >= 0.3 is 5.97 Å². The SMILES string of the molecule is COc1ccc2cc(C(C)C(=O)N(CCC(=O)O)CC(C)C)ccc2c1. The molecule has 0 fully saturated rings. The first-order valence-electron chi connectivity index (χ1n) is 8.90. The number of carbonyl (C=O) groups is 2. The van der Waals surface area contributed by atoms with Crippen LogP contribution in [-0.2, 0) is 9.59 Å². The number of amides is 1. The second kappa shape index (κ2) is 8.70. The van der Waals surface area contributed by atoms with Crippen LogP contribution in [0.15, 0.2) is 36.4 Å². The number of hydrogen-bond donors (Lipinski definition) is 1. The summed E-state index contributed by atoms with van der Waals surface area (Å²) in [6.07, 6.45) is -0.0390. The Morgan fingerprint density at radius 1 is 1.08 bits per heavy atom. The van der Waals surface area contributed by atoms with Crippen LogP contribution in [0.4, 0.5) is 0 Å². The summed E-state index contributed by atoms with van der Waals surface area (Å²) in [5, 5.41) is 11.0. The summed E-state index contributed by atoms with van der Waals surface area (Å²) in [5.74, 6) is -0.170. The highest BCUT2D eigenvalue weighted by atomic mass is 16.5. The van der Waals surface area contributed by atoms with Crippen LogP contribution >= 0.6 is 0 Å². The average Bonchev–Trinajstić information content (AvgIpc) is 2.62. The molecule has 1 N–H and O–H groups in total. The number of ether oxygens (including phenoxy) is 1. The first-order valence-corrected chi connectivity index (χ1v) is 8.90. The van der Waals surface area contributed by atoms with Gasteiger partial charge in [-0.3, -0.25) is 9.59 Å². The average molecular weight is 357 g/mol. The summed E-state index contributed by atoms with van der Waals surface area (Å²) >= 11 is 0. The molecular weight excluding hydrogens is 330 g/mol. The van der Waals surface area contributed by atoms with Crippen LogP contribution in [0.2, 0.25) is 0 Å². The monoisotopic (exact) mass is 357 g/mol. The van der Waals surface area contributed by atoms with Crippen molar-refractivity contribution < 1.29 is 19.4 Å². The molecule has 0 spiro atoms.